The summed E-state index contributed by atoms with van der Waals surface area (Å²) in [5.41, 5.74) is 0.912. The molecule has 7 heteroatoms. The number of rotatable bonds is 7. The Morgan fingerprint density at radius 3 is 2.64 bits per heavy atom. The van der Waals surface area contributed by atoms with Crippen LogP contribution < -0.4 is 5.32 Å². The average Bonchev–Trinajstić information content (AvgIpc) is 3.09. The number of carbonyl (C=O) groups excluding carboxylic acids is 3. The maximum Gasteiger partial charge on any atom is 0.325 e. The molecule has 0 spiro atoms. The highest BCUT2D eigenvalue weighted by atomic mass is 32.2. The molecule has 1 amide bonds. The van der Waals surface area contributed by atoms with Crippen molar-refractivity contribution in [2.75, 3.05) is 13.2 Å². The molecule has 25 heavy (non-hydrogen) atoms. The summed E-state index contributed by atoms with van der Waals surface area (Å²) in [5.74, 6) is 0.576. The lowest BCUT2D eigenvalue weighted by atomic mass is 10.2. The Bertz CT molecular complexity index is 767. The largest absolute Gasteiger partial charge is 0.465 e. The summed E-state index contributed by atoms with van der Waals surface area (Å²) in [6.07, 6.45) is 2.02. The monoisotopic (exact) mass is 359 g/mol. The van der Waals surface area contributed by atoms with Gasteiger partial charge in [-0.2, -0.15) is 0 Å². The Kier molecular flexibility index (Phi) is 7.03. The van der Waals surface area contributed by atoms with Crippen LogP contribution in [-0.4, -0.2) is 30.6 Å². The van der Waals surface area contributed by atoms with Gasteiger partial charge >= 0.3 is 5.97 Å². The van der Waals surface area contributed by atoms with Gasteiger partial charge in [0.25, 0.3) is 5.24 Å². The predicted octanol–water partition coefficient (Wildman–Crippen LogP) is 3.49. The van der Waals surface area contributed by atoms with Crippen molar-refractivity contribution in [3.05, 3.63) is 53.1 Å². The number of allylic oxidation sites excluding steroid dienone is 1. The number of hydrogen-bond donors (Lipinski definition) is 1. The third-order valence-corrected chi connectivity index (χ3v) is 3.76. The van der Waals surface area contributed by atoms with Crippen molar-refractivity contribution in [2.24, 2.45) is 0 Å². The maximum absolute atomic E-state index is 11.8. The fraction of sp³-hybridized carbons (Fsp3) is 0.167. The van der Waals surface area contributed by atoms with Crippen molar-refractivity contribution in [3.63, 3.8) is 0 Å². The molecule has 0 unspecified atom stereocenters. The first-order chi connectivity index (χ1) is 12.1. The SMILES string of the molecule is CCOC(=O)CNC(=O)S/C(C=O)=C\c1ccc(-c2ccccc2)o1. The number of hydrogen-bond acceptors (Lipinski definition) is 6. The molecule has 0 fully saturated rings. The van der Waals surface area contributed by atoms with Gasteiger partial charge < -0.3 is 14.5 Å². The number of furan rings is 1. The lowest BCUT2D eigenvalue weighted by molar-refractivity contribution is -0.141. The van der Waals surface area contributed by atoms with Crippen LogP contribution in [-0.2, 0) is 14.3 Å². The van der Waals surface area contributed by atoms with Crippen molar-refractivity contribution >= 4 is 35.3 Å². The summed E-state index contributed by atoms with van der Waals surface area (Å²) < 4.78 is 10.4. The van der Waals surface area contributed by atoms with Gasteiger partial charge in [-0.3, -0.25) is 14.4 Å². The second-order valence-electron chi connectivity index (χ2n) is 4.78. The van der Waals surface area contributed by atoms with E-state index in [1.54, 1.807) is 19.1 Å². The summed E-state index contributed by atoms with van der Waals surface area (Å²) in [6, 6.07) is 13.0. The van der Waals surface area contributed by atoms with E-state index in [-0.39, 0.29) is 18.1 Å². The van der Waals surface area contributed by atoms with Crippen molar-refractivity contribution < 1.29 is 23.5 Å². The minimum atomic E-state index is -0.536. The molecule has 0 radical (unpaired) electrons. The molecular formula is C18H17NO5S. The molecule has 1 N–H and O–H groups in total. The van der Waals surface area contributed by atoms with Crippen molar-refractivity contribution in [3.8, 4) is 11.3 Å². The first kappa shape index (κ1) is 18.5. The van der Waals surface area contributed by atoms with Crippen LogP contribution >= 0.6 is 11.8 Å². The highest BCUT2D eigenvalue weighted by Gasteiger charge is 2.10. The molecule has 1 heterocycles. The highest BCUT2D eigenvalue weighted by Crippen LogP contribution is 2.25. The molecule has 2 aromatic rings. The van der Waals surface area contributed by atoms with Gasteiger partial charge in [0.1, 0.15) is 18.1 Å². The quantitative estimate of drug-likeness (QED) is 0.463. The molecule has 0 aliphatic carbocycles. The summed E-state index contributed by atoms with van der Waals surface area (Å²) in [7, 11) is 0. The second-order valence-corrected chi connectivity index (χ2v) is 5.83. The van der Waals surface area contributed by atoms with Crippen molar-refractivity contribution in [1.29, 1.82) is 0 Å². The zero-order valence-electron chi connectivity index (χ0n) is 13.6. The molecule has 0 atom stereocenters. The van der Waals surface area contributed by atoms with E-state index in [4.69, 9.17) is 9.15 Å². The van der Waals surface area contributed by atoms with Crippen LogP contribution in [0, 0.1) is 0 Å². The number of esters is 1. The molecule has 0 aliphatic rings. The third kappa shape index (κ3) is 5.96. The molecule has 0 aliphatic heterocycles. The Labute approximate surface area is 149 Å². The fourth-order valence-electron chi connectivity index (χ4n) is 1.92. The minimum absolute atomic E-state index is 0.162. The van der Waals surface area contributed by atoms with E-state index < -0.39 is 11.2 Å². The average molecular weight is 359 g/mol. The van der Waals surface area contributed by atoms with E-state index in [1.807, 2.05) is 30.3 Å². The molecule has 130 valence electrons. The molecule has 1 aromatic heterocycles. The molecule has 2 rings (SSSR count). The summed E-state index contributed by atoms with van der Waals surface area (Å²) in [6.45, 7) is 1.67. The van der Waals surface area contributed by atoms with Crippen LogP contribution in [0.25, 0.3) is 17.4 Å². The van der Waals surface area contributed by atoms with Gasteiger partial charge in [-0.25, -0.2) is 0 Å². The standard InChI is InChI=1S/C18H17NO5S/c1-2-23-17(21)11-19-18(22)25-15(12-20)10-14-8-9-16(24-14)13-6-4-3-5-7-13/h3-10,12H,2,11H2,1H3,(H,19,22)/b15-10-. The van der Waals surface area contributed by atoms with E-state index in [2.05, 4.69) is 5.32 Å². The van der Waals surface area contributed by atoms with Gasteiger partial charge in [-0.05, 0) is 36.9 Å². The second kappa shape index (κ2) is 9.48. The Hall–Kier alpha value is -2.80. The first-order valence-electron chi connectivity index (χ1n) is 7.55. The lowest BCUT2D eigenvalue weighted by Gasteiger charge is -2.03. The van der Waals surface area contributed by atoms with Crippen LogP contribution in [0.3, 0.4) is 0 Å². The number of aldehydes is 1. The Balaban J connectivity index is 1.98. The summed E-state index contributed by atoms with van der Waals surface area (Å²) in [5, 5.41) is 1.84. The topological polar surface area (TPSA) is 85.6 Å². The van der Waals surface area contributed by atoms with Crippen LogP contribution in [0.15, 0.2) is 51.8 Å². The van der Waals surface area contributed by atoms with Crippen LogP contribution in [0.4, 0.5) is 4.79 Å². The molecule has 0 saturated carbocycles. The van der Waals surface area contributed by atoms with Gasteiger partial charge in [-0.15, -0.1) is 0 Å². The van der Waals surface area contributed by atoms with Gasteiger partial charge in [0.2, 0.25) is 0 Å². The zero-order chi connectivity index (χ0) is 18.1. The van der Waals surface area contributed by atoms with E-state index in [0.29, 0.717) is 29.6 Å². The number of nitrogens with one attached hydrogen (secondary N) is 1. The van der Waals surface area contributed by atoms with Gasteiger partial charge in [0, 0.05) is 5.56 Å². The molecule has 0 bridgehead atoms. The van der Waals surface area contributed by atoms with Gasteiger partial charge in [0.15, 0.2) is 6.29 Å². The third-order valence-electron chi connectivity index (χ3n) is 2.98. The number of benzene rings is 1. The minimum Gasteiger partial charge on any atom is -0.465 e. The smallest absolute Gasteiger partial charge is 0.325 e. The van der Waals surface area contributed by atoms with Gasteiger partial charge in [0.05, 0.1) is 11.5 Å². The van der Waals surface area contributed by atoms with E-state index in [9.17, 15) is 14.4 Å². The van der Waals surface area contributed by atoms with Crippen molar-refractivity contribution in [1.82, 2.24) is 5.32 Å². The normalized spacial score (nSPS) is 11.0. The number of ether oxygens (including phenoxy) is 1. The van der Waals surface area contributed by atoms with Crippen LogP contribution in [0.5, 0.6) is 0 Å². The van der Waals surface area contributed by atoms with Crippen molar-refractivity contribution in [2.45, 2.75) is 6.92 Å². The van der Waals surface area contributed by atoms with Crippen LogP contribution in [0.2, 0.25) is 0 Å². The lowest BCUT2D eigenvalue weighted by Crippen LogP contribution is -2.27. The summed E-state index contributed by atoms with van der Waals surface area (Å²) >= 11 is 0.680. The molecule has 1 aromatic carbocycles. The van der Waals surface area contributed by atoms with E-state index in [0.717, 1.165) is 5.56 Å². The fourth-order valence-corrected chi connectivity index (χ4v) is 2.50. The van der Waals surface area contributed by atoms with E-state index >= 15 is 0 Å². The van der Waals surface area contributed by atoms with Crippen LogP contribution in [0.1, 0.15) is 12.7 Å². The molecular weight excluding hydrogens is 342 g/mol. The molecule has 6 nitrogen and oxygen atoms in total. The van der Waals surface area contributed by atoms with E-state index in [1.165, 1.54) is 6.08 Å². The van der Waals surface area contributed by atoms with Gasteiger partial charge in [-0.1, -0.05) is 30.3 Å². The molecule has 0 saturated heterocycles. The maximum atomic E-state index is 11.8. The predicted molar refractivity (Wildman–Crippen MR) is 95.8 cm³/mol. The highest BCUT2D eigenvalue weighted by molar-refractivity contribution is 8.17. The number of amides is 1. The Morgan fingerprint density at radius 2 is 1.96 bits per heavy atom. The first-order valence-corrected chi connectivity index (χ1v) is 8.37. The zero-order valence-corrected chi connectivity index (χ0v) is 14.4. The Morgan fingerprint density at radius 1 is 1.20 bits per heavy atom. The number of carbonyl (C=O) groups is 3. The number of thioether (sulfide) groups is 1. The summed E-state index contributed by atoms with van der Waals surface area (Å²) in [4.78, 5) is 34.3.